The Labute approximate surface area is 163 Å². The molecule has 2 aromatic carbocycles. The summed E-state index contributed by atoms with van der Waals surface area (Å²) in [7, 11) is -3.98. The number of rotatable bonds is 6. The highest BCUT2D eigenvalue weighted by Gasteiger charge is 2.35. The molecule has 0 atom stereocenters. The molecule has 0 saturated carbocycles. The summed E-state index contributed by atoms with van der Waals surface area (Å²) in [5.41, 5.74) is 2.61. The van der Waals surface area contributed by atoms with Gasteiger partial charge in [-0.15, -0.1) is 0 Å². The Bertz CT molecular complexity index is 1020. The van der Waals surface area contributed by atoms with Crippen LogP contribution in [0.15, 0.2) is 42.5 Å². The summed E-state index contributed by atoms with van der Waals surface area (Å²) in [4.78, 5) is 23.3. The first kappa shape index (κ1) is 19.7. The topological polar surface area (TPSA) is 116 Å². The van der Waals surface area contributed by atoms with Crippen molar-refractivity contribution in [3.8, 4) is 5.75 Å². The number of nitrogens with one attached hydrogen (secondary N) is 2. The molecule has 0 radical (unpaired) electrons. The Balaban J connectivity index is 1.83. The molecule has 1 heterocycles. The lowest BCUT2D eigenvalue weighted by molar-refractivity contribution is -0.120. The van der Waals surface area contributed by atoms with Crippen molar-refractivity contribution >= 4 is 27.7 Å². The van der Waals surface area contributed by atoms with E-state index in [9.17, 15) is 23.1 Å². The van der Waals surface area contributed by atoms with Crippen LogP contribution in [0.4, 0.5) is 5.69 Å². The number of likely N-dealkylation sites (N-methyl/N-ethyl adjacent to an activating group) is 1. The van der Waals surface area contributed by atoms with E-state index in [1.807, 2.05) is 35.9 Å². The Hall–Kier alpha value is -3.07. The SMILES string of the molecule is CCNC(=O)Cc1ccccc1Cc1ccc(N2CC(=O)NS2(=O)=O)c(O)c1. The standard InChI is InChI=1S/C19H21N3O5S/c1-2-20-18(24)11-15-6-4-3-5-14(15)9-13-7-8-16(17(23)10-13)22-12-19(25)21-28(22,26)27/h3-8,10,23H,2,9,11-12H2,1H3,(H,20,24)(H,21,25). The number of benzene rings is 2. The van der Waals surface area contributed by atoms with Gasteiger partial charge in [0.1, 0.15) is 12.3 Å². The van der Waals surface area contributed by atoms with Gasteiger partial charge < -0.3 is 10.4 Å². The van der Waals surface area contributed by atoms with E-state index in [2.05, 4.69) is 5.32 Å². The van der Waals surface area contributed by atoms with Gasteiger partial charge in [-0.1, -0.05) is 30.3 Å². The number of hydrogen-bond acceptors (Lipinski definition) is 5. The number of carbonyl (C=O) groups excluding carboxylic acids is 2. The number of amides is 2. The largest absolute Gasteiger partial charge is 0.506 e. The van der Waals surface area contributed by atoms with Gasteiger partial charge in [-0.25, -0.2) is 9.03 Å². The molecule has 1 aliphatic rings. The first-order valence-electron chi connectivity index (χ1n) is 8.79. The lowest BCUT2D eigenvalue weighted by atomic mass is 9.97. The molecule has 0 aliphatic carbocycles. The van der Waals surface area contributed by atoms with Crippen LogP contribution in [-0.4, -0.2) is 38.4 Å². The van der Waals surface area contributed by atoms with Crippen molar-refractivity contribution in [2.45, 2.75) is 19.8 Å². The maximum atomic E-state index is 11.9. The van der Waals surface area contributed by atoms with Crippen molar-refractivity contribution in [2.75, 3.05) is 17.4 Å². The fraction of sp³-hybridized carbons (Fsp3) is 0.263. The Morgan fingerprint density at radius 2 is 1.93 bits per heavy atom. The summed E-state index contributed by atoms with van der Waals surface area (Å²) in [6.07, 6.45) is 0.723. The van der Waals surface area contributed by atoms with Crippen LogP contribution in [0.3, 0.4) is 0 Å². The van der Waals surface area contributed by atoms with Gasteiger partial charge in [0.25, 0.3) is 5.91 Å². The van der Waals surface area contributed by atoms with Crippen LogP contribution in [0, 0.1) is 0 Å². The van der Waals surface area contributed by atoms with E-state index in [0.717, 1.165) is 21.0 Å². The third-order valence-electron chi connectivity index (χ3n) is 4.37. The van der Waals surface area contributed by atoms with Gasteiger partial charge in [0.2, 0.25) is 5.91 Å². The van der Waals surface area contributed by atoms with Crippen LogP contribution in [0.25, 0.3) is 0 Å². The number of nitrogens with zero attached hydrogens (tertiary/aromatic N) is 1. The highest BCUT2D eigenvalue weighted by atomic mass is 32.2. The van der Waals surface area contributed by atoms with Crippen LogP contribution < -0.4 is 14.3 Å². The van der Waals surface area contributed by atoms with Crippen LogP contribution >= 0.6 is 0 Å². The first-order chi connectivity index (χ1) is 13.3. The molecule has 0 unspecified atom stereocenters. The fourth-order valence-electron chi connectivity index (χ4n) is 3.11. The molecule has 1 aliphatic heterocycles. The first-order valence-corrected chi connectivity index (χ1v) is 10.2. The molecule has 1 saturated heterocycles. The zero-order valence-corrected chi connectivity index (χ0v) is 16.1. The van der Waals surface area contributed by atoms with E-state index in [0.29, 0.717) is 13.0 Å². The summed E-state index contributed by atoms with van der Waals surface area (Å²) < 4.78 is 26.6. The molecule has 0 spiro atoms. The molecule has 2 aromatic rings. The van der Waals surface area contributed by atoms with Gasteiger partial charge in [0.05, 0.1) is 12.1 Å². The summed E-state index contributed by atoms with van der Waals surface area (Å²) in [5, 5.41) is 13.1. The molecule has 0 aromatic heterocycles. The molecule has 1 fully saturated rings. The predicted molar refractivity (Wildman–Crippen MR) is 104 cm³/mol. The second-order valence-electron chi connectivity index (χ2n) is 6.44. The normalized spacial score (nSPS) is 15.3. The number of hydrogen-bond donors (Lipinski definition) is 3. The summed E-state index contributed by atoms with van der Waals surface area (Å²) in [6, 6.07) is 12.2. The quantitative estimate of drug-likeness (QED) is 0.661. The smallest absolute Gasteiger partial charge is 0.326 e. The van der Waals surface area contributed by atoms with Gasteiger partial charge >= 0.3 is 10.2 Å². The second-order valence-corrected chi connectivity index (χ2v) is 8.03. The van der Waals surface area contributed by atoms with E-state index >= 15 is 0 Å². The summed E-state index contributed by atoms with van der Waals surface area (Å²) in [6.45, 7) is 2.05. The van der Waals surface area contributed by atoms with Gasteiger partial charge in [-0.2, -0.15) is 8.42 Å². The molecule has 28 heavy (non-hydrogen) atoms. The van der Waals surface area contributed by atoms with Gasteiger partial charge in [0, 0.05) is 6.54 Å². The zero-order valence-electron chi connectivity index (χ0n) is 15.3. The Kier molecular flexibility index (Phi) is 5.55. The molecule has 9 heteroatoms. The Morgan fingerprint density at radius 3 is 2.54 bits per heavy atom. The van der Waals surface area contributed by atoms with Crippen molar-refractivity contribution in [3.63, 3.8) is 0 Å². The molecule has 0 bridgehead atoms. The van der Waals surface area contributed by atoms with Gasteiger partial charge in [0.15, 0.2) is 0 Å². The van der Waals surface area contributed by atoms with E-state index in [-0.39, 0.29) is 30.3 Å². The summed E-state index contributed by atoms with van der Waals surface area (Å²) in [5.74, 6) is -0.953. The highest BCUT2D eigenvalue weighted by molar-refractivity contribution is 7.92. The Morgan fingerprint density at radius 1 is 1.21 bits per heavy atom. The lowest BCUT2D eigenvalue weighted by Gasteiger charge is -2.17. The van der Waals surface area contributed by atoms with Crippen LogP contribution in [0.1, 0.15) is 23.6 Å². The minimum Gasteiger partial charge on any atom is -0.506 e. The molecular formula is C19H21N3O5S. The fourth-order valence-corrected chi connectivity index (χ4v) is 4.27. The molecule has 3 N–H and O–H groups in total. The highest BCUT2D eigenvalue weighted by Crippen LogP contribution is 2.32. The van der Waals surface area contributed by atoms with E-state index in [1.54, 1.807) is 6.07 Å². The van der Waals surface area contributed by atoms with Crippen molar-refractivity contribution in [1.82, 2.24) is 10.0 Å². The lowest BCUT2D eigenvalue weighted by Crippen LogP contribution is -2.29. The van der Waals surface area contributed by atoms with Crippen LogP contribution in [0.5, 0.6) is 5.75 Å². The minimum atomic E-state index is -3.98. The van der Waals surface area contributed by atoms with Crippen molar-refractivity contribution in [1.29, 1.82) is 0 Å². The molecular weight excluding hydrogens is 382 g/mol. The third kappa shape index (κ3) is 4.25. The minimum absolute atomic E-state index is 0.0395. The van der Waals surface area contributed by atoms with Crippen LogP contribution in [0.2, 0.25) is 0 Å². The summed E-state index contributed by atoms with van der Waals surface area (Å²) >= 11 is 0. The molecule has 3 rings (SSSR count). The number of phenols is 1. The number of anilines is 1. The van der Waals surface area contributed by atoms with Crippen molar-refractivity contribution in [2.24, 2.45) is 0 Å². The maximum Gasteiger partial charge on any atom is 0.326 e. The van der Waals surface area contributed by atoms with Gasteiger partial charge in [-0.05, 0) is 42.2 Å². The maximum absolute atomic E-state index is 11.9. The predicted octanol–water partition coefficient (Wildman–Crippen LogP) is 0.843. The number of aromatic hydroxyl groups is 1. The average molecular weight is 403 g/mol. The number of phenolic OH excluding ortho intramolecular Hbond substituents is 1. The number of carbonyl (C=O) groups is 2. The molecule has 8 nitrogen and oxygen atoms in total. The van der Waals surface area contributed by atoms with E-state index < -0.39 is 16.1 Å². The zero-order chi connectivity index (χ0) is 20.3. The molecule has 2 amide bonds. The average Bonchev–Trinajstić information content (AvgIpc) is 2.89. The van der Waals surface area contributed by atoms with E-state index in [1.165, 1.54) is 12.1 Å². The van der Waals surface area contributed by atoms with Crippen molar-refractivity contribution < 1.29 is 23.1 Å². The van der Waals surface area contributed by atoms with Crippen LogP contribution in [-0.2, 0) is 32.6 Å². The van der Waals surface area contributed by atoms with Gasteiger partial charge in [-0.3, -0.25) is 9.59 Å². The van der Waals surface area contributed by atoms with Crippen molar-refractivity contribution in [3.05, 3.63) is 59.2 Å². The second kappa shape index (κ2) is 7.89. The third-order valence-corrected chi connectivity index (χ3v) is 5.76. The van der Waals surface area contributed by atoms with E-state index in [4.69, 9.17) is 0 Å². The monoisotopic (exact) mass is 403 g/mol. The molecule has 148 valence electrons.